The second-order valence-corrected chi connectivity index (χ2v) is 9.24. The van der Waals surface area contributed by atoms with Crippen molar-refractivity contribution in [3.05, 3.63) is 95.6 Å². The van der Waals surface area contributed by atoms with Crippen LogP contribution >= 0.6 is 22.9 Å². The van der Waals surface area contributed by atoms with Gasteiger partial charge in [-0.3, -0.25) is 14.2 Å². The van der Waals surface area contributed by atoms with Crippen LogP contribution in [0.5, 0.6) is 0 Å². The number of thiazole rings is 1. The van der Waals surface area contributed by atoms with Crippen LogP contribution in [-0.4, -0.2) is 30.1 Å². The van der Waals surface area contributed by atoms with Gasteiger partial charge in [-0.1, -0.05) is 59.3 Å². The van der Waals surface area contributed by atoms with Gasteiger partial charge in [-0.2, -0.15) is 0 Å². The molecule has 3 aromatic rings. The number of hydrogen-bond acceptors (Lipinski definition) is 6. The van der Waals surface area contributed by atoms with Crippen molar-refractivity contribution in [1.29, 1.82) is 0 Å². The number of anilines is 1. The number of halogens is 1. The highest BCUT2D eigenvalue weighted by molar-refractivity contribution is 7.07. The Kier molecular flexibility index (Phi) is 5.50. The number of carbonyl (C=O) groups excluding carboxylic acids is 2. The summed E-state index contributed by atoms with van der Waals surface area (Å²) < 4.78 is 6.75. The molecule has 3 heterocycles. The summed E-state index contributed by atoms with van der Waals surface area (Å²) in [5.41, 5.74) is 2.65. The molecule has 5 rings (SSSR count). The lowest BCUT2D eigenvalue weighted by molar-refractivity contribution is -0.136. The topological polar surface area (TPSA) is 81.0 Å². The maximum Gasteiger partial charge on any atom is 0.338 e. The Bertz CT molecular complexity index is 1580. The number of hydrogen-bond donors (Lipinski definition) is 0. The van der Waals surface area contributed by atoms with Crippen molar-refractivity contribution in [2.45, 2.75) is 19.9 Å². The predicted molar refractivity (Wildman–Crippen MR) is 131 cm³/mol. The van der Waals surface area contributed by atoms with Crippen molar-refractivity contribution in [3.63, 3.8) is 0 Å². The number of carbonyl (C=O) groups is 2. The number of para-hydroxylation sites is 1. The molecule has 0 radical (unpaired) electrons. The van der Waals surface area contributed by atoms with Crippen LogP contribution in [0.4, 0.5) is 5.69 Å². The lowest BCUT2D eigenvalue weighted by Gasteiger charge is -2.25. The first-order valence-corrected chi connectivity index (χ1v) is 11.9. The maximum absolute atomic E-state index is 13.9. The summed E-state index contributed by atoms with van der Waals surface area (Å²) in [5, 5.41) is 0.404. The minimum Gasteiger partial charge on any atom is -0.466 e. The summed E-state index contributed by atoms with van der Waals surface area (Å²) in [4.78, 5) is 46.7. The zero-order chi connectivity index (χ0) is 24.1. The van der Waals surface area contributed by atoms with Crippen LogP contribution in [0.2, 0.25) is 5.02 Å². The Balaban J connectivity index is 1.87. The van der Waals surface area contributed by atoms with Crippen LogP contribution in [0.1, 0.15) is 31.0 Å². The molecule has 0 spiro atoms. The highest BCUT2D eigenvalue weighted by atomic mass is 35.5. The lowest BCUT2D eigenvalue weighted by Crippen LogP contribution is -2.41. The summed E-state index contributed by atoms with van der Waals surface area (Å²) in [7, 11) is 1.28. The largest absolute Gasteiger partial charge is 0.466 e. The van der Waals surface area contributed by atoms with Crippen LogP contribution in [-0.2, 0) is 14.3 Å². The number of aromatic nitrogens is 1. The van der Waals surface area contributed by atoms with E-state index in [4.69, 9.17) is 16.3 Å². The van der Waals surface area contributed by atoms with Gasteiger partial charge in [0.1, 0.15) is 10.6 Å². The number of rotatable bonds is 3. The van der Waals surface area contributed by atoms with Crippen LogP contribution < -0.4 is 19.8 Å². The van der Waals surface area contributed by atoms with Crippen LogP contribution in [0, 0.1) is 0 Å². The van der Waals surface area contributed by atoms with E-state index in [1.54, 1.807) is 36.1 Å². The van der Waals surface area contributed by atoms with Gasteiger partial charge in [-0.05, 0) is 31.5 Å². The van der Waals surface area contributed by atoms with Gasteiger partial charge >= 0.3 is 5.97 Å². The fourth-order valence-corrected chi connectivity index (χ4v) is 5.92. The number of esters is 1. The smallest absolute Gasteiger partial charge is 0.338 e. The molecule has 172 valence electrons. The summed E-state index contributed by atoms with van der Waals surface area (Å²) in [6.45, 7) is 4.07. The van der Waals surface area contributed by atoms with Crippen molar-refractivity contribution in [2.75, 3.05) is 18.6 Å². The Morgan fingerprint density at radius 2 is 1.85 bits per heavy atom. The van der Waals surface area contributed by atoms with Crippen molar-refractivity contribution >= 4 is 46.1 Å². The molecule has 0 saturated carbocycles. The second kappa shape index (κ2) is 8.38. The molecule has 1 aromatic heterocycles. The molecule has 0 fully saturated rings. The average molecular weight is 494 g/mol. The molecule has 0 unspecified atom stereocenters. The molecule has 9 heteroatoms. The van der Waals surface area contributed by atoms with Crippen molar-refractivity contribution < 1.29 is 14.3 Å². The number of methoxy groups -OCH3 is 1. The first-order chi connectivity index (χ1) is 16.4. The van der Waals surface area contributed by atoms with E-state index in [-0.39, 0.29) is 16.0 Å². The molecule has 2 aliphatic rings. The van der Waals surface area contributed by atoms with Crippen LogP contribution in [0.3, 0.4) is 0 Å². The van der Waals surface area contributed by atoms with E-state index < -0.39 is 17.6 Å². The van der Waals surface area contributed by atoms with E-state index in [1.165, 1.54) is 11.7 Å². The average Bonchev–Trinajstić information content (AvgIpc) is 3.30. The summed E-state index contributed by atoms with van der Waals surface area (Å²) in [6, 6.07) is 13.6. The summed E-state index contributed by atoms with van der Waals surface area (Å²) >= 11 is 7.65. The maximum atomic E-state index is 13.9. The standard InChI is InChI=1S/C25H20ClN3O4S/c1-4-28-17-12-8-6-10-15(17)19(22(28)30)21-23(31)29-20(14-9-5-7-11-16(14)26)18(24(32)33-3)13(2)27-25(29)34-21/h5-12,20H,4H2,1-3H3/t20-/m0/s1. The van der Waals surface area contributed by atoms with E-state index in [0.717, 1.165) is 17.0 Å². The molecule has 2 aliphatic heterocycles. The second-order valence-electron chi connectivity index (χ2n) is 7.86. The first-order valence-electron chi connectivity index (χ1n) is 10.7. The summed E-state index contributed by atoms with van der Waals surface area (Å²) in [5.74, 6) is -0.823. The minimum absolute atomic E-state index is 0.229. The van der Waals surface area contributed by atoms with Gasteiger partial charge in [0.05, 0.1) is 29.6 Å². The number of nitrogens with zero attached hydrogens (tertiary/aromatic N) is 3. The van der Waals surface area contributed by atoms with Gasteiger partial charge in [0, 0.05) is 17.1 Å². The van der Waals surface area contributed by atoms with Gasteiger partial charge < -0.3 is 9.64 Å². The molecule has 7 nitrogen and oxygen atoms in total. The van der Waals surface area contributed by atoms with E-state index in [0.29, 0.717) is 38.8 Å². The fourth-order valence-electron chi connectivity index (χ4n) is 4.55. The lowest BCUT2D eigenvalue weighted by atomic mass is 9.96. The Labute approximate surface area is 203 Å². The van der Waals surface area contributed by atoms with Gasteiger partial charge in [0.25, 0.3) is 11.5 Å². The van der Waals surface area contributed by atoms with Crippen LogP contribution in [0.25, 0.3) is 5.57 Å². The van der Waals surface area contributed by atoms with Gasteiger partial charge in [0.15, 0.2) is 4.80 Å². The molecule has 0 bridgehead atoms. The molecule has 0 aliphatic carbocycles. The molecular weight excluding hydrogens is 474 g/mol. The zero-order valence-electron chi connectivity index (χ0n) is 18.7. The molecular formula is C25H20ClN3O4S. The monoisotopic (exact) mass is 493 g/mol. The molecule has 2 aromatic carbocycles. The molecule has 34 heavy (non-hydrogen) atoms. The number of allylic oxidation sites excluding steroid dienone is 1. The van der Waals surface area contributed by atoms with Crippen molar-refractivity contribution in [1.82, 2.24) is 4.57 Å². The van der Waals surface area contributed by atoms with Gasteiger partial charge in [-0.15, -0.1) is 0 Å². The first kappa shape index (κ1) is 22.3. The number of likely N-dealkylation sites (N-methyl/N-ethyl adjacent to an activating group) is 1. The highest BCUT2D eigenvalue weighted by Crippen LogP contribution is 2.36. The van der Waals surface area contributed by atoms with E-state index in [9.17, 15) is 14.4 Å². The van der Waals surface area contributed by atoms with E-state index >= 15 is 0 Å². The third kappa shape index (κ3) is 3.17. The summed E-state index contributed by atoms with van der Waals surface area (Å²) in [6.07, 6.45) is 0. The number of ether oxygens (including phenoxy) is 1. The molecule has 1 amide bonds. The fraction of sp³-hybridized carbons (Fsp3) is 0.200. The highest BCUT2D eigenvalue weighted by Gasteiger charge is 2.37. The predicted octanol–water partition coefficient (Wildman–Crippen LogP) is 2.80. The van der Waals surface area contributed by atoms with Gasteiger partial charge in [-0.25, -0.2) is 9.79 Å². The molecule has 1 atom stereocenters. The van der Waals surface area contributed by atoms with Crippen LogP contribution in [0.15, 0.2) is 69.6 Å². The zero-order valence-corrected chi connectivity index (χ0v) is 20.2. The third-order valence-electron chi connectivity index (χ3n) is 6.07. The van der Waals surface area contributed by atoms with E-state index in [1.807, 2.05) is 31.2 Å². The Morgan fingerprint density at radius 3 is 2.56 bits per heavy atom. The number of benzene rings is 2. The Hall–Kier alpha value is -3.49. The van der Waals surface area contributed by atoms with E-state index in [2.05, 4.69) is 4.99 Å². The third-order valence-corrected chi connectivity index (χ3v) is 7.47. The number of fused-ring (bicyclic) bond motifs is 2. The normalized spacial score (nSPS) is 18.5. The molecule has 0 N–H and O–H groups in total. The van der Waals surface area contributed by atoms with Crippen molar-refractivity contribution in [3.8, 4) is 0 Å². The SMILES string of the molecule is CCN1C(=O)C(=c2sc3n(c2=O)[C@@H](c2ccccc2Cl)C(C(=O)OC)=C(C)N=3)c2ccccc21. The quantitative estimate of drug-likeness (QED) is 0.525. The minimum atomic E-state index is -0.833. The Morgan fingerprint density at radius 1 is 1.15 bits per heavy atom. The van der Waals surface area contributed by atoms with Crippen molar-refractivity contribution in [2.24, 2.45) is 4.99 Å². The van der Waals surface area contributed by atoms with Gasteiger partial charge in [0.2, 0.25) is 0 Å². The molecule has 0 saturated heterocycles. The number of amides is 1.